The van der Waals surface area contributed by atoms with Crippen LogP contribution in [0, 0.1) is 0 Å². The molecule has 1 saturated heterocycles. The Morgan fingerprint density at radius 3 is 2.86 bits per heavy atom. The minimum atomic E-state index is -0.909. The third-order valence-electron chi connectivity index (χ3n) is 3.70. The van der Waals surface area contributed by atoms with Gasteiger partial charge >= 0.3 is 5.97 Å². The summed E-state index contributed by atoms with van der Waals surface area (Å²) in [4.78, 5) is 24.7. The largest absolute Gasteiger partial charge is 0.496 e. The number of carbonyl (C=O) groups is 2. The van der Waals surface area contributed by atoms with Crippen LogP contribution < -0.4 is 4.74 Å². The first-order chi connectivity index (χ1) is 10.0. The Hall–Kier alpha value is -1.56. The predicted molar refractivity (Wildman–Crippen MR) is 81.4 cm³/mol. The molecule has 0 radical (unpaired) electrons. The van der Waals surface area contributed by atoms with E-state index in [1.165, 1.54) is 4.90 Å². The van der Waals surface area contributed by atoms with Gasteiger partial charge in [-0.2, -0.15) is 0 Å². The molecule has 0 spiro atoms. The van der Waals surface area contributed by atoms with E-state index in [4.69, 9.17) is 9.84 Å². The van der Waals surface area contributed by atoms with Crippen molar-refractivity contribution in [3.63, 3.8) is 0 Å². The normalized spacial score (nSPS) is 17.8. The number of carbonyl (C=O) groups excluding carboxylic acids is 1. The predicted octanol–water partition coefficient (Wildman–Crippen LogP) is 2.47. The Morgan fingerprint density at radius 2 is 2.24 bits per heavy atom. The van der Waals surface area contributed by atoms with Crippen molar-refractivity contribution in [1.82, 2.24) is 4.90 Å². The van der Waals surface area contributed by atoms with Crippen molar-refractivity contribution in [2.24, 2.45) is 0 Å². The second-order valence-corrected chi connectivity index (χ2v) is 5.91. The van der Waals surface area contributed by atoms with E-state index in [0.717, 1.165) is 22.2 Å². The fraction of sp³-hybridized carbons (Fsp3) is 0.467. The Morgan fingerprint density at radius 1 is 1.48 bits per heavy atom. The first kappa shape index (κ1) is 15.8. The minimum absolute atomic E-state index is 0.0909. The molecule has 1 N–H and O–H groups in total. The number of hydrogen-bond acceptors (Lipinski definition) is 3. The number of likely N-dealkylation sites (tertiary alicyclic amines) is 1. The number of aliphatic carboxylic acids is 1. The Balaban J connectivity index is 1.95. The van der Waals surface area contributed by atoms with Crippen LogP contribution in [0.2, 0.25) is 0 Å². The van der Waals surface area contributed by atoms with Gasteiger partial charge in [0.2, 0.25) is 5.91 Å². The number of halogens is 1. The number of ether oxygens (including phenoxy) is 1. The standard InChI is InChI=1S/C15H18BrNO4/c1-21-13-6-4-10(9-11(13)16)5-7-14(18)17-8-2-3-12(17)15(19)20/h4,6,9,12H,2-3,5,7-8H2,1H3,(H,19,20). The summed E-state index contributed by atoms with van der Waals surface area (Å²) in [5, 5.41) is 9.10. The number of rotatable bonds is 5. The van der Waals surface area contributed by atoms with E-state index in [1.807, 2.05) is 18.2 Å². The number of benzene rings is 1. The van der Waals surface area contributed by atoms with Gasteiger partial charge < -0.3 is 14.7 Å². The Bertz CT molecular complexity index is 546. The van der Waals surface area contributed by atoms with Crippen LogP contribution in [0.3, 0.4) is 0 Å². The summed E-state index contributed by atoms with van der Waals surface area (Å²) in [7, 11) is 1.60. The lowest BCUT2D eigenvalue weighted by molar-refractivity contribution is -0.148. The van der Waals surface area contributed by atoms with Crippen LogP contribution in [0.25, 0.3) is 0 Å². The maximum absolute atomic E-state index is 12.2. The lowest BCUT2D eigenvalue weighted by Gasteiger charge is -2.21. The van der Waals surface area contributed by atoms with Crippen molar-refractivity contribution in [2.75, 3.05) is 13.7 Å². The van der Waals surface area contributed by atoms with Gasteiger partial charge in [0.25, 0.3) is 0 Å². The van der Waals surface area contributed by atoms with E-state index < -0.39 is 12.0 Å². The highest BCUT2D eigenvalue weighted by atomic mass is 79.9. The van der Waals surface area contributed by atoms with E-state index in [2.05, 4.69) is 15.9 Å². The van der Waals surface area contributed by atoms with Crippen LogP contribution in [0.5, 0.6) is 5.75 Å². The number of aryl methyl sites for hydroxylation is 1. The van der Waals surface area contributed by atoms with Crippen LogP contribution >= 0.6 is 15.9 Å². The second kappa shape index (κ2) is 6.93. The minimum Gasteiger partial charge on any atom is -0.496 e. The van der Waals surface area contributed by atoms with Crippen molar-refractivity contribution in [3.05, 3.63) is 28.2 Å². The molecule has 1 aromatic carbocycles. The van der Waals surface area contributed by atoms with Gasteiger partial charge in [-0.15, -0.1) is 0 Å². The highest BCUT2D eigenvalue weighted by Crippen LogP contribution is 2.26. The van der Waals surface area contributed by atoms with Crippen LogP contribution in [-0.4, -0.2) is 41.6 Å². The van der Waals surface area contributed by atoms with Crippen molar-refractivity contribution in [1.29, 1.82) is 0 Å². The second-order valence-electron chi connectivity index (χ2n) is 5.05. The first-order valence-electron chi connectivity index (χ1n) is 6.87. The molecule has 5 nitrogen and oxygen atoms in total. The van der Waals surface area contributed by atoms with Crippen LogP contribution in [-0.2, 0) is 16.0 Å². The summed E-state index contributed by atoms with van der Waals surface area (Å²) in [6.07, 6.45) is 2.22. The average molecular weight is 356 g/mol. The lowest BCUT2D eigenvalue weighted by atomic mass is 10.1. The smallest absolute Gasteiger partial charge is 0.326 e. The van der Waals surface area contributed by atoms with Gasteiger partial charge in [-0.25, -0.2) is 4.79 Å². The summed E-state index contributed by atoms with van der Waals surface area (Å²) in [6.45, 7) is 0.544. The number of hydrogen-bond donors (Lipinski definition) is 1. The molecular weight excluding hydrogens is 338 g/mol. The molecule has 1 amide bonds. The van der Waals surface area contributed by atoms with Gasteiger partial charge in [-0.05, 0) is 52.9 Å². The fourth-order valence-corrected chi connectivity index (χ4v) is 3.17. The molecule has 114 valence electrons. The summed E-state index contributed by atoms with van der Waals surface area (Å²) in [5.41, 5.74) is 1.02. The van der Waals surface area contributed by atoms with E-state index in [-0.39, 0.29) is 5.91 Å². The van der Waals surface area contributed by atoms with Crippen LogP contribution in [0.15, 0.2) is 22.7 Å². The van der Waals surface area contributed by atoms with Crippen molar-refractivity contribution in [3.8, 4) is 5.75 Å². The molecule has 1 aliphatic rings. The third kappa shape index (κ3) is 3.75. The van der Waals surface area contributed by atoms with E-state index in [1.54, 1.807) is 7.11 Å². The van der Waals surface area contributed by atoms with Crippen LogP contribution in [0.1, 0.15) is 24.8 Å². The van der Waals surface area contributed by atoms with Gasteiger partial charge in [0.1, 0.15) is 11.8 Å². The summed E-state index contributed by atoms with van der Waals surface area (Å²) >= 11 is 3.41. The summed E-state index contributed by atoms with van der Waals surface area (Å²) in [6, 6.07) is 5.03. The highest BCUT2D eigenvalue weighted by Gasteiger charge is 2.33. The molecule has 1 heterocycles. The van der Waals surface area contributed by atoms with Gasteiger partial charge in [0.05, 0.1) is 11.6 Å². The summed E-state index contributed by atoms with van der Waals surface area (Å²) < 4.78 is 6.01. The number of methoxy groups -OCH3 is 1. The maximum Gasteiger partial charge on any atom is 0.326 e. The SMILES string of the molecule is COc1ccc(CCC(=O)N2CCCC2C(=O)O)cc1Br. The number of amides is 1. The molecule has 2 rings (SSSR count). The molecule has 0 aromatic heterocycles. The van der Waals surface area contributed by atoms with Crippen LogP contribution in [0.4, 0.5) is 0 Å². The van der Waals surface area contributed by atoms with Crippen molar-refractivity contribution < 1.29 is 19.4 Å². The van der Waals surface area contributed by atoms with E-state index in [9.17, 15) is 9.59 Å². The van der Waals surface area contributed by atoms with Crippen molar-refractivity contribution >= 4 is 27.8 Å². The van der Waals surface area contributed by atoms with E-state index in [0.29, 0.717) is 25.8 Å². The Kier molecular flexibility index (Phi) is 5.22. The molecule has 0 saturated carbocycles. The molecule has 0 aliphatic carbocycles. The molecule has 1 fully saturated rings. The molecule has 1 unspecified atom stereocenters. The summed E-state index contributed by atoms with van der Waals surface area (Å²) in [5.74, 6) is -0.254. The maximum atomic E-state index is 12.2. The van der Waals surface area contributed by atoms with E-state index >= 15 is 0 Å². The Labute approximate surface area is 132 Å². The molecule has 1 atom stereocenters. The van der Waals surface area contributed by atoms with Gasteiger partial charge in [0, 0.05) is 13.0 Å². The zero-order chi connectivity index (χ0) is 15.4. The van der Waals surface area contributed by atoms with Gasteiger partial charge in [-0.1, -0.05) is 6.07 Å². The topological polar surface area (TPSA) is 66.8 Å². The number of carboxylic acids is 1. The quantitative estimate of drug-likeness (QED) is 0.880. The highest BCUT2D eigenvalue weighted by molar-refractivity contribution is 9.10. The van der Waals surface area contributed by atoms with Crippen molar-refractivity contribution in [2.45, 2.75) is 31.7 Å². The van der Waals surface area contributed by atoms with Gasteiger partial charge in [-0.3, -0.25) is 4.79 Å². The first-order valence-corrected chi connectivity index (χ1v) is 7.67. The zero-order valence-corrected chi connectivity index (χ0v) is 13.4. The third-order valence-corrected chi connectivity index (χ3v) is 4.32. The molecule has 1 aliphatic heterocycles. The molecular formula is C15H18BrNO4. The lowest BCUT2D eigenvalue weighted by Crippen LogP contribution is -2.40. The molecule has 21 heavy (non-hydrogen) atoms. The fourth-order valence-electron chi connectivity index (χ4n) is 2.58. The molecule has 6 heteroatoms. The molecule has 0 bridgehead atoms. The molecule has 1 aromatic rings. The monoisotopic (exact) mass is 355 g/mol. The number of carboxylic acid groups (broad SMARTS) is 1. The van der Waals surface area contributed by atoms with Gasteiger partial charge in [0.15, 0.2) is 0 Å². The average Bonchev–Trinajstić information content (AvgIpc) is 2.94. The zero-order valence-electron chi connectivity index (χ0n) is 11.8. The number of nitrogens with zero attached hydrogens (tertiary/aromatic N) is 1.